The van der Waals surface area contributed by atoms with E-state index in [0.717, 1.165) is 32.7 Å². The molecule has 1 saturated heterocycles. The minimum absolute atomic E-state index is 0.140. The molecule has 1 N–H and O–H groups in total. The van der Waals surface area contributed by atoms with E-state index in [2.05, 4.69) is 33.4 Å². The number of carbonyl (C=O) groups is 1. The van der Waals surface area contributed by atoms with E-state index in [4.69, 9.17) is 4.74 Å². The molecule has 6 nitrogen and oxygen atoms in total. The zero-order chi connectivity index (χ0) is 24.9. The van der Waals surface area contributed by atoms with Crippen LogP contribution in [-0.4, -0.2) is 40.6 Å². The molecule has 0 saturated carbocycles. The first-order chi connectivity index (χ1) is 16.8. The fourth-order valence-corrected chi connectivity index (χ4v) is 6.16. The molecule has 0 unspecified atom stereocenters. The molecule has 1 heterocycles. The van der Waals surface area contributed by atoms with Gasteiger partial charge in [0.05, 0.1) is 10.6 Å². The van der Waals surface area contributed by atoms with E-state index >= 15 is 0 Å². The average Bonchev–Trinajstić information content (AvgIpc) is 2.87. The summed E-state index contributed by atoms with van der Waals surface area (Å²) < 4.78 is 34.7. The maximum atomic E-state index is 13.6. The van der Waals surface area contributed by atoms with Crippen LogP contribution in [0.25, 0.3) is 0 Å². The van der Waals surface area contributed by atoms with E-state index in [1.54, 1.807) is 42.5 Å². The Bertz CT molecular complexity index is 1260. The second-order valence-corrected chi connectivity index (χ2v) is 11.6. The van der Waals surface area contributed by atoms with Gasteiger partial charge < -0.3 is 10.1 Å². The van der Waals surface area contributed by atoms with Gasteiger partial charge in [0.25, 0.3) is 10.0 Å². The van der Waals surface area contributed by atoms with Gasteiger partial charge in [-0.1, -0.05) is 70.0 Å². The number of sulfonamides is 1. The number of nitrogens with zero attached hydrogens (tertiary/aromatic N) is 1. The molecule has 184 valence electrons. The SMILES string of the molecule is Cc1ccc(S(=O)(=O)N(CC(=O)NCC2(c3ccccc3)CCOCC2)c2cccc(Br)c2)cc1. The first kappa shape index (κ1) is 25.4. The Labute approximate surface area is 215 Å². The van der Waals surface area contributed by atoms with Crippen LogP contribution in [-0.2, 0) is 25.0 Å². The van der Waals surface area contributed by atoms with Crippen molar-refractivity contribution < 1.29 is 17.9 Å². The van der Waals surface area contributed by atoms with E-state index in [1.165, 1.54) is 0 Å². The van der Waals surface area contributed by atoms with E-state index < -0.39 is 10.0 Å². The number of benzene rings is 3. The van der Waals surface area contributed by atoms with Crippen molar-refractivity contribution in [1.82, 2.24) is 5.32 Å². The summed E-state index contributed by atoms with van der Waals surface area (Å²) in [6.45, 7) is 3.23. The molecule has 3 aromatic carbocycles. The van der Waals surface area contributed by atoms with Gasteiger partial charge in [-0.25, -0.2) is 8.42 Å². The lowest BCUT2D eigenvalue weighted by Gasteiger charge is -2.38. The van der Waals surface area contributed by atoms with Gasteiger partial charge >= 0.3 is 0 Å². The molecule has 0 radical (unpaired) electrons. The van der Waals surface area contributed by atoms with E-state index in [0.29, 0.717) is 25.4 Å². The van der Waals surface area contributed by atoms with Crippen molar-refractivity contribution in [3.8, 4) is 0 Å². The molecule has 35 heavy (non-hydrogen) atoms. The lowest BCUT2D eigenvalue weighted by molar-refractivity contribution is -0.120. The Morgan fingerprint density at radius 2 is 1.69 bits per heavy atom. The molecular weight excluding hydrogens is 528 g/mol. The molecule has 0 aromatic heterocycles. The summed E-state index contributed by atoms with van der Waals surface area (Å²) in [7, 11) is -3.96. The summed E-state index contributed by atoms with van der Waals surface area (Å²) in [5.41, 5.74) is 2.28. The lowest BCUT2D eigenvalue weighted by atomic mass is 9.74. The minimum atomic E-state index is -3.96. The van der Waals surface area contributed by atoms with Crippen molar-refractivity contribution in [1.29, 1.82) is 0 Å². The standard InChI is InChI=1S/C27H29BrN2O4S/c1-21-10-12-25(13-11-21)35(32,33)30(24-9-5-8-23(28)18-24)19-26(31)29-20-27(14-16-34-17-15-27)22-6-3-2-4-7-22/h2-13,18H,14-17,19-20H2,1H3,(H,29,31). The number of aryl methyl sites for hydroxylation is 1. The second-order valence-electron chi connectivity index (χ2n) is 8.84. The molecule has 1 fully saturated rings. The zero-order valence-electron chi connectivity index (χ0n) is 19.6. The number of rotatable bonds is 8. The molecule has 4 rings (SSSR count). The van der Waals surface area contributed by atoms with Crippen LogP contribution in [0.3, 0.4) is 0 Å². The quantitative estimate of drug-likeness (QED) is 0.431. The molecule has 0 spiro atoms. The Kier molecular flexibility index (Phi) is 7.94. The highest BCUT2D eigenvalue weighted by molar-refractivity contribution is 9.10. The van der Waals surface area contributed by atoms with Crippen molar-refractivity contribution >= 4 is 37.5 Å². The van der Waals surface area contributed by atoms with Crippen LogP contribution in [0.2, 0.25) is 0 Å². The maximum Gasteiger partial charge on any atom is 0.264 e. The van der Waals surface area contributed by atoms with Crippen molar-refractivity contribution in [2.45, 2.75) is 30.1 Å². The Morgan fingerprint density at radius 3 is 2.34 bits per heavy atom. The van der Waals surface area contributed by atoms with Crippen LogP contribution in [0.1, 0.15) is 24.0 Å². The maximum absolute atomic E-state index is 13.6. The van der Waals surface area contributed by atoms with Gasteiger partial charge in [0, 0.05) is 29.6 Å². The van der Waals surface area contributed by atoms with Crippen LogP contribution in [0.15, 0.2) is 88.2 Å². The third-order valence-electron chi connectivity index (χ3n) is 6.45. The molecule has 0 bridgehead atoms. The minimum Gasteiger partial charge on any atom is -0.381 e. The number of halogens is 1. The van der Waals surface area contributed by atoms with Crippen molar-refractivity contribution in [2.75, 3.05) is 30.6 Å². The van der Waals surface area contributed by atoms with Crippen molar-refractivity contribution in [2.24, 2.45) is 0 Å². The fraction of sp³-hybridized carbons (Fsp3) is 0.296. The number of anilines is 1. The Morgan fingerprint density at radius 1 is 1.00 bits per heavy atom. The highest BCUT2D eigenvalue weighted by Gasteiger charge is 2.35. The van der Waals surface area contributed by atoms with Gasteiger partial charge in [-0.3, -0.25) is 9.10 Å². The largest absolute Gasteiger partial charge is 0.381 e. The van der Waals surface area contributed by atoms with Crippen LogP contribution >= 0.6 is 15.9 Å². The van der Waals surface area contributed by atoms with Gasteiger partial charge in [-0.05, 0) is 55.7 Å². The molecule has 0 aliphatic carbocycles. The lowest BCUT2D eigenvalue weighted by Crippen LogP contribution is -2.48. The molecule has 3 aromatic rings. The van der Waals surface area contributed by atoms with E-state index in [9.17, 15) is 13.2 Å². The molecule has 0 atom stereocenters. The summed E-state index contributed by atoms with van der Waals surface area (Å²) in [6.07, 6.45) is 1.57. The Hall–Kier alpha value is -2.68. The summed E-state index contributed by atoms with van der Waals surface area (Å²) in [6, 6.07) is 23.7. The van der Waals surface area contributed by atoms with Crippen molar-refractivity contribution in [3.05, 3.63) is 94.5 Å². The Balaban J connectivity index is 1.58. The van der Waals surface area contributed by atoms with E-state index in [1.807, 2.05) is 31.2 Å². The summed E-state index contributed by atoms with van der Waals surface area (Å²) in [5.74, 6) is -0.359. The van der Waals surface area contributed by atoms with Crippen LogP contribution in [0, 0.1) is 6.92 Å². The highest BCUT2D eigenvalue weighted by atomic mass is 79.9. The van der Waals surface area contributed by atoms with Crippen LogP contribution < -0.4 is 9.62 Å². The topological polar surface area (TPSA) is 75.7 Å². The molecule has 8 heteroatoms. The van der Waals surface area contributed by atoms with Gasteiger partial charge in [0.1, 0.15) is 6.54 Å². The molecule has 1 aliphatic rings. The number of nitrogens with one attached hydrogen (secondary N) is 1. The predicted molar refractivity (Wildman–Crippen MR) is 141 cm³/mol. The molecule has 1 amide bonds. The highest BCUT2D eigenvalue weighted by Crippen LogP contribution is 2.34. The number of carbonyl (C=O) groups excluding carboxylic acids is 1. The normalized spacial score (nSPS) is 15.4. The van der Waals surface area contributed by atoms with Crippen LogP contribution in [0.4, 0.5) is 5.69 Å². The van der Waals surface area contributed by atoms with E-state index in [-0.39, 0.29) is 22.8 Å². The second kappa shape index (κ2) is 10.9. The number of amides is 1. The average molecular weight is 558 g/mol. The van der Waals surface area contributed by atoms with Gasteiger partial charge in [0.2, 0.25) is 5.91 Å². The third kappa shape index (κ3) is 5.94. The first-order valence-corrected chi connectivity index (χ1v) is 13.8. The number of hydrogen-bond donors (Lipinski definition) is 1. The van der Waals surface area contributed by atoms with Gasteiger partial charge in [0.15, 0.2) is 0 Å². The van der Waals surface area contributed by atoms with Crippen molar-refractivity contribution in [3.63, 3.8) is 0 Å². The first-order valence-electron chi connectivity index (χ1n) is 11.6. The number of ether oxygens (including phenoxy) is 1. The van der Waals surface area contributed by atoms with Gasteiger partial charge in [-0.2, -0.15) is 0 Å². The van der Waals surface area contributed by atoms with Gasteiger partial charge in [-0.15, -0.1) is 0 Å². The third-order valence-corrected chi connectivity index (χ3v) is 8.73. The summed E-state index contributed by atoms with van der Waals surface area (Å²) in [5, 5.41) is 3.03. The smallest absolute Gasteiger partial charge is 0.264 e. The number of hydrogen-bond acceptors (Lipinski definition) is 4. The summed E-state index contributed by atoms with van der Waals surface area (Å²) >= 11 is 3.41. The fourth-order valence-electron chi connectivity index (χ4n) is 4.36. The van der Waals surface area contributed by atoms with Crippen LogP contribution in [0.5, 0.6) is 0 Å². The molecular formula is C27H29BrN2O4S. The zero-order valence-corrected chi connectivity index (χ0v) is 22.0. The monoisotopic (exact) mass is 556 g/mol. The predicted octanol–water partition coefficient (Wildman–Crippen LogP) is 4.82. The molecule has 1 aliphatic heterocycles. The summed E-state index contributed by atoms with van der Waals surface area (Å²) in [4.78, 5) is 13.3.